The van der Waals surface area contributed by atoms with Crippen molar-refractivity contribution in [1.82, 2.24) is 5.20 Å². The maximum atomic E-state index is 11.0. The van der Waals surface area contributed by atoms with Crippen LogP contribution >= 0.6 is 6.19 Å². The molecule has 0 unspecified atom stereocenters. The molecule has 0 fully saturated rings. The highest BCUT2D eigenvalue weighted by atomic mass is 32.4. The number of non-ortho nitro benzene ring substituents is 1. The summed E-state index contributed by atoms with van der Waals surface area (Å²) in [5, 5.41) is 20.7. The van der Waals surface area contributed by atoms with Crippen LogP contribution in [0.2, 0.25) is 0 Å². The van der Waals surface area contributed by atoms with Gasteiger partial charge in [-0.3, -0.25) is 15.3 Å². The lowest BCUT2D eigenvalue weighted by Gasteiger charge is -2.23. The van der Waals surface area contributed by atoms with Gasteiger partial charge >= 0.3 is 0 Å². The number of hydrogen-bond donors (Lipinski definition) is 1. The smallest absolute Gasteiger partial charge is 0.270 e. The van der Waals surface area contributed by atoms with E-state index in [-0.39, 0.29) is 5.69 Å². The first-order chi connectivity index (χ1) is 13.0. The van der Waals surface area contributed by atoms with E-state index in [0.717, 1.165) is 10.6 Å². The number of nitro benzene ring substituents is 1. The molecule has 0 amide bonds. The van der Waals surface area contributed by atoms with Gasteiger partial charge < -0.3 is 0 Å². The van der Waals surface area contributed by atoms with E-state index in [0.29, 0.717) is 11.3 Å². The average molecular weight is 395 g/mol. The molecule has 0 bridgehead atoms. The second kappa shape index (κ2) is 8.25. The van der Waals surface area contributed by atoms with Crippen LogP contribution in [0.3, 0.4) is 0 Å². The van der Waals surface area contributed by atoms with E-state index in [1.54, 1.807) is 12.1 Å². The molecule has 5 nitrogen and oxygen atoms in total. The predicted octanol–water partition coefficient (Wildman–Crippen LogP) is 3.95. The van der Waals surface area contributed by atoms with Crippen LogP contribution in [-0.2, 0) is 11.8 Å². The molecule has 7 heteroatoms. The molecule has 0 aliphatic rings. The SMILES string of the molecule is CC(=NNP(=S)(c1ccccc1)c1ccccc1)c1cccc([N+](=O)[O-])c1. The third-order valence-electron chi connectivity index (χ3n) is 4.07. The Hall–Kier alpha value is -2.82. The quantitative estimate of drug-likeness (QED) is 0.297. The van der Waals surface area contributed by atoms with Crippen LogP contribution in [0.15, 0.2) is 90.0 Å². The molecule has 0 aliphatic heterocycles. The largest absolute Gasteiger partial charge is 0.272 e. The van der Waals surface area contributed by atoms with Gasteiger partial charge in [-0.05, 0) is 6.92 Å². The fourth-order valence-electron chi connectivity index (χ4n) is 2.59. The molecule has 136 valence electrons. The molecule has 0 aliphatic carbocycles. The third kappa shape index (κ3) is 4.30. The lowest BCUT2D eigenvalue weighted by atomic mass is 10.1. The number of nitrogens with one attached hydrogen (secondary N) is 1. The number of benzene rings is 3. The highest BCUT2D eigenvalue weighted by molar-refractivity contribution is 8.20. The fourth-order valence-corrected chi connectivity index (χ4v) is 5.45. The van der Waals surface area contributed by atoms with Crippen LogP contribution in [0.5, 0.6) is 0 Å². The zero-order valence-corrected chi connectivity index (χ0v) is 16.4. The van der Waals surface area contributed by atoms with Gasteiger partial charge in [0.15, 0.2) is 0 Å². The van der Waals surface area contributed by atoms with E-state index in [2.05, 4.69) is 10.3 Å². The Morgan fingerprint density at radius 2 is 1.52 bits per heavy atom. The van der Waals surface area contributed by atoms with Gasteiger partial charge in [-0.1, -0.05) is 84.6 Å². The van der Waals surface area contributed by atoms with Crippen LogP contribution in [0.25, 0.3) is 0 Å². The zero-order valence-electron chi connectivity index (χ0n) is 14.6. The van der Waals surface area contributed by atoms with Gasteiger partial charge in [0.05, 0.1) is 10.6 Å². The number of nitrogens with zero attached hydrogens (tertiary/aromatic N) is 2. The topological polar surface area (TPSA) is 67.5 Å². The summed E-state index contributed by atoms with van der Waals surface area (Å²) >= 11 is 6.06. The standard InChI is InChI=1S/C20H18N3O2PS/c1-16(17-9-8-10-18(15-17)23(24)25)21-22-26(27,19-11-4-2-5-12-19)20-13-6-3-7-14-20/h2-15H,1H3,(H,22,27). The third-order valence-corrected chi connectivity index (χ3v) is 8.02. The average Bonchev–Trinajstić information content (AvgIpc) is 2.73. The first-order valence-corrected chi connectivity index (χ1v) is 11.1. The Kier molecular flexibility index (Phi) is 5.79. The summed E-state index contributed by atoms with van der Waals surface area (Å²) in [5.74, 6) is 0. The van der Waals surface area contributed by atoms with Gasteiger partial charge in [0.1, 0.15) is 6.19 Å². The molecule has 0 saturated heterocycles. The van der Waals surface area contributed by atoms with Gasteiger partial charge in [0, 0.05) is 28.3 Å². The summed E-state index contributed by atoms with van der Waals surface area (Å²) in [5.41, 5.74) is 1.35. The molecule has 0 aromatic heterocycles. The van der Waals surface area contributed by atoms with Crippen LogP contribution in [-0.4, -0.2) is 10.6 Å². The zero-order chi connectivity index (χ0) is 19.3. The van der Waals surface area contributed by atoms with Crippen molar-refractivity contribution in [1.29, 1.82) is 0 Å². The molecule has 1 N–H and O–H groups in total. The van der Waals surface area contributed by atoms with E-state index in [9.17, 15) is 10.1 Å². The number of rotatable bonds is 6. The Morgan fingerprint density at radius 3 is 2.04 bits per heavy atom. The molecule has 3 aromatic rings. The van der Waals surface area contributed by atoms with Crippen molar-refractivity contribution in [3.8, 4) is 0 Å². The van der Waals surface area contributed by atoms with Gasteiger partial charge in [0.25, 0.3) is 5.69 Å². The Bertz CT molecular complexity index is 980. The molecule has 0 atom stereocenters. The molecular formula is C20H18N3O2PS. The maximum Gasteiger partial charge on any atom is 0.270 e. The van der Waals surface area contributed by atoms with Crippen LogP contribution in [0.4, 0.5) is 5.69 Å². The van der Waals surface area contributed by atoms with E-state index in [1.807, 2.05) is 67.6 Å². The highest BCUT2D eigenvalue weighted by Crippen LogP contribution is 2.39. The highest BCUT2D eigenvalue weighted by Gasteiger charge is 2.21. The fraction of sp³-hybridized carbons (Fsp3) is 0.0500. The summed E-state index contributed by atoms with van der Waals surface area (Å²) in [6.45, 7) is 1.81. The van der Waals surface area contributed by atoms with Crippen molar-refractivity contribution in [2.75, 3.05) is 0 Å². The summed E-state index contributed by atoms with van der Waals surface area (Å²) in [4.78, 5) is 10.6. The Morgan fingerprint density at radius 1 is 0.963 bits per heavy atom. The molecule has 0 heterocycles. The van der Waals surface area contributed by atoms with Crippen LogP contribution < -0.4 is 15.8 Å². The minimum Gasteiger partial charge on any atom is -0.272 e. The van der Waals surface area contributed by atoms with Gasteiger partial charge in [-0.15, -0.1) is 0 Å². The second-order valence-electron chi connectivity index (χ2n) is 5.89. The molecule has 3 aromatic carbocycles. The Labute approximate surface area is 163 Å². The first-order valence-electron chi connectivity index (χ1n) is 8.28. The molecular weight excluding hydrogens is 377 g/mol. The summed E-state index contributed by atoms with van der Waals surface area (Å²) < 4.78 is 0. The predicted molar refractivity (Wildman–Crippen MR) is 115 cm³/mol. The normalized spacial score (nSPS) is 11.8. The van der Waals surface area contributed by atoms with E-state index >= 15 is 0 Å². The minimum atomic E-state index is -2.37. The van der Waals surface area contributed by atoms with Crippen LogP contribution in [0, 0.1) is 10.1 Å². The number of hydrogen-bond acceptors (Lipinski definition) is 4. The van der Waals surface area contributed by atoms with Gasteiger partial charge in [-0.25, -0.2) is 0 Å². The summed E-state index contributed by atoms with van der Waals surface area (Å²) in [6.07, 6.45) is -2.37. The summed E-state index contributed by atoms with van der Waals surface area (Å²) in [7, 11) is 0. The number of hydrazone groups is 1. The van der Waals surface area contributed by atoms with Crippen molar-refractivity contribution in [3.63, 3.8) is 0 Å². The lowest BCUT2D eigenvalue weighted by Crippen LogP contribution is -2.25. The van der Waals surface area contributed by atoms with E-state index < -0.39 is 11.1 Å². The molecule has 0 saturated carbocycles. The molecule has 3 rings (SSSR count). The molecule has 27 heavy (non-hydrogen) atoms. The van der Waals surface area contributed by atoms with Crippen molar-refractivity contribution in [2.45, 2.75) is 6.92 Å². The summed E-state index contributed by atoms with van der Waals surface area (Å²) in [6, 6.07) is 26.1. The van der Waals surface area contributed by atoms with Gasteiger partial charge in [-0.2, -0.15) is 5.10 Å². The molecule has 0 radical (unpaired) electrons. The van der Waals surface area contributed by atoms with Gasteiger partial charge in [0.2, 0.25) is 0 Å². The Balaban J connectivity index is 1.98. The minimum absolute atomic E-state index is 0.0348. The lowest BCUT2D eigenvalue weighted by molar-refractivity contribution is -0.384. The van der Waals surface area contributed by atoms with Crippen molar-refractivity contribution in [2.24, 2.45) is 5.10 Å². The first kappa shape index (κ1) is 19.0. The van der Waals surface area contributed by atoms with Crippen molar-refractivity contribution >= 4 is 40.0 Å². The number of nitro groups is 1. The monoisotopic (exact) mass is 395 g/mol. The van der Waals surface area contributed by atoms with Crippen molar-refractivity contribution in [3.05, 3.63) is 101 Å². The molecule has 0 spiro atoms. The van der Waals surface area contributed by atoms with E-state index in [4.69, 9.17) is 11.8 Å². The second-order valence-corrected chi connectivity index (χ2v) is 9.98. The maximum absolute atomic E-state index is 11.0. The van der Waals surface area contributed by atoms with E-state index in [1.165, 1.54) is 12.1 Å². The van der Waals surface area contributed by atoms with Crippen molar-refractivity contribution < 1.29 is 4.92 Å². The van der Waals surface area contributed by atoms with Crippen LogP contribution in [0.1, 0.15) is 12.5 Å².